The monoisotopic (exact) mass is 269 g/mol. The number of alkyl halides is 1. The number of aryl methyl sites for hydroxylation is 3. The number of nitrogens with zero attached hydrogens (tertiary/aromatic N) is 5. The molecule has 0 saturated carbocycles. The summed E-state index contributed by atoms with van der Waals surface area (Å²) in [5, 5.41) is 9.03. The summed E-state index contributed by atoms with van der Waals surface area (Å²) < 4.78 is 3.88. The Morgan fingerprint density at radius 1 is 1.33 bits per heavy atom. The summed E-state index contributed by atoms with van der Waals surface area (Å²) in [4.78, 5) is 3.98. The predicted molar refractivity (Wildman–Crippen MR) is 59.7 cm³/mol. The van der Waals surface area contributed by atoms with E-state index in [2.05, 4.69) is 31.2 Å². The highest BCUT2D eigenvalue weighted by Gasteiger charge is 1.99. The van der Waals surface area contributed by atoms with Gasteiger partial charge in [-0.25, -0.2) is 4.98 Å². The fourth-order valence-corrected chi connectivity index (χ4v) is 1.70. The van der Waals surface area contributed by atoms with Crippen LogP contribution in [0.15, 0.2) is 24.9 Å². The van der Waals surface area contributed by atoms with Crippen molar-refractivity contribution >= 4 is 15.9 Å². The smallest absolute Gasteiger partial charge is 0.0946 e. The van der Waals surface area contributed by atoms with E-state index in [4.69, 9.17) is 0 Å². The average molecular weight is 270 g/mol. The zero-order valence-corrected chi connectivity index (χ0v) is 9.84. The minimum Gasteiger partial charge on any atom is -0.336 e. The molecule has 0 spiro atoms. The molecule has 2 rings (SSSR count). The number of imidazole rings is 1. The van der Waals surface area contributed by atoms with Gasteiger partial charge in [-0.05, 0) is 0 Å². The quantitative estimate of drug-likeness (QED) is 0.765. The van der Waals surface area contributed by atoms with Gasteiger partial charge < -0.3 is 4.57 Å². The van der Waals surface area contributed by atoms with Crippen molar-refractivity contribution in [3.63, 3.8) is 0 Å². The molecule has 2 heterocycles. The molecular formula is C9H12BrN5. The maximum absolute atomic E-state index is 4.06. The maximum Gasteiger partial charge on any atom is 0.0946 e. The summed E-state index contributed by atoms with van der Waals surface area (Å²) in [7, 11) is 0. The van der Waals surface area contributed by atoms with Gasteiger partial charge in [-0.15, -0.1) is 5.10 Å². The lowest BCUT2D eigenvalue weighted by Crippen LogP contribution is -2.06. The Hall–Kier alpha value is -1.17. The molecule has 6 heteroatoms. The standard InChI is InChI=1S/C9H12BrN5/c10-2-1-9-7-15(13-12-9)6-5-14-4-3-11-8-14/h3-4,7-8H,1-2,5-6H2. The molecule has 2 aromatic rings. The summed E-state index contributed by atoms with van der Waals surface area (Å²) >= 11 is 3.38. The van der Waals surface area contributed by atoms with E-state index in [-0.39, 0.29) is 0 Å². The largest absolute Gasteiger partial charge is 0.336 e. The van der Waals surface area contributed by atoms with E-state index < -0.39 is 0 Å². The number of halogens is 1. The van der Waals surface area contributed by atoms with Crippen LogP contribution in [0.1, 0.15) is 5.69 Å². The van der Waals surface area contributed by atoms with Gasteiger partial charge in [0, 0.05) is 36.9 Å². The number of hydrogen-bond acceptors (Lipinski definition) is 3. The summed E-state index contributed by atoms with van der Waals surface area (Å²) in [5.41, 5.74) is 1.03. The van der Waals surface area contributed by atoms with Crippen LogP contribution >= 0.6 is 15.9 Å². The lowest BCUT2D eigenvalue weighted by Gasteiger charge is -2.00. The van der Waals surface area contributed by atoms with Crippen LogP contribution in [0.3, 0.4) is 0 Å². The molecule has 0 aliphatic rings. The van der Waals surface area contributed by atoms with E-state index in [1.807, 2.05) is 21.6 Å². The highest BCUT2D eigenvalue weighted by molar-refractivity contribution is 9.09. The first kappa shape index (κ1) is 10.4. The third-order valence-corrected chi connectivity index (χ3v) is 2.48. The average Bonchev–Trinajstić information content (AvgIpc) is 2.85. The van der Waals surface area contributed by atoms with E-state index in [9.17, 15) is 0 Å². The summed E-state index contributed by atoms with van der Waals surface area (Å²) in [6, 6.07) is 0. The van der Waals surface area contributed by atoms with E-state index >= 15 is 0 Å². The van der Waals surface area contributed by atoms with Crippen LogP contribution in [0.2, 0.25) is 0 Å². The molecule has 0 saturated heterocycles. The zero-order valence-electron chi connectivity index (χ0n) is 8.25. The topological polar surface area (TPSA) is 48.5 Å². The van der Waals surface area contributed by atoms with Crippen molar-refractivity contribution in [2.45, 2.75) is 19.5 Å². The molecule has 0 aromatic carbocycles. The molecule has 15 heavy (non-hydrogen) atoms. The second-order valence-electron chi connectivity index (χ2n) is 3.21. The van der Waals surface area contributed by atoms with Gasteiger partial charge in [0.1, 0.15) is 0 Å². The van der Waals surface area contributed by atoms with E-state index in [0.29, 0.717) is 0 Å². The summed E-state index contributed by atoms with van der Waals surface area (Å²) in [6.45, 7) is 1.70. The van der Waals surface area contributed by atoms with Crippen molar-refractivity contribution in [3.05, 3.63) is 30.6 Å². The van der Waals surface area contributed by atoms with Crippen LogP contribution in [0.5, 0.6) is 0 Å². The van der Waals surface area contributed by atoms with Crippen molar-refractivity contribution in [1.82, 2.24) is 24.5 Å². The summed E-state index contributed by atoms with van der Waals surface area (Å²) in [6.07, 6.45) is 8.42. The fraction of sp³-hybridized carbons (Fsp3) is 0.444. The SMILES string of the molecule is BrCCc1cn(CCn2ccnc2)nn1. The van der Waals surface area contributed by atoms with Crippen LogP contribution in [-0.2, 0) is 19.5 Å². The van der Waals surface area contributed by atoms with Crippen LogP contribution in [0.25, 0.3) is 0 Å². The van der Waals surface area contributed by atoms with Crippen molar-refractivity contribution in [1.29, 1.82) is 0 Å². The Balaban J connectivity index is 1.88. The molecule has 0 aliphatic heterocycles. The first-order chi connectivity index (χ1) is 7.38. The van der Waals surface area contributed by atoms with Crippen LogP contribution in [-0.4, -0.2) is 29.9 Å². The van der Waals surface area contributed by atoms with Crippen molar-refractivity contribution in [3.8, 4) is 0 Å². The maximum atomic E-state index is 4.06. The van der Waals surface area contributed by atoms with E-state index in [1.54, 1.807) is 12.5 Å². The van der Waals surface area contributed by atoms with Crippen molar-refractivity contribution in [2.24, 2.45) is 0 Å². The second kappa shape index (κ2) is 5.06. The predicted octanol–water partition coefficient (Wildman–Crippen LogP) is 1.11. The molecule has 0 radical (unpaired) electrons. The third kappa shape index (κ3) is 2.89. The van der Waals surface area contributed by atoms with Gasteiger partial charge in [0.25, 0.3) is 0 Å². The molecule has 0 unspecified atom stereocenters. The second-order valence-corrected chi connectivity index (χ2v) is 4.01. The minimum absolute atomic E-state index is 0.825. The van der Waals surface area contributed by atoms with Crippen LogP contribution in [0, 0.1) is 0 Å². The minimum atomic E-state index is 0.825. The fourth-order valence-electron chi connectivity index (χ4n) is 1.30. The molecule has 0 amide bonds. The Labute approximate surface area is 96.2 Å². The first-order valence-corrected chi connectivity index (χ1v) is 5.91. The van der Waals surface area contributed by atoms with Gasteiger partial charge in [-0.2, -0.15) is 0 Å². The molecule has 2 aromatic heterocycles. The Bertz CT molecular complexity index is 394. The first-order valence-electron chi connectivity index (χ1n) is 4.79. The Morgan fingerprint density at radius 3 is 3.00 bits per heavy atom. The van der Waals surface area contributed by atoms with Gasteiger partial charge in [-0.3, -0.25) is 4.68 Å². The Morgan fingerprint density at radius 2 is 2.27 bits per heavy atom. The highest BCUT2D eigenvalue weighted by Crippen LogP contribution is 1.98. The van der Waals surface area contributed by atoms with Gasteiger partial charge >= 0.3 is 0 Å². The zero-order chi connectivity index (χ0) is 10.5. The van der Waals surface area contributed by atoms with Gasteiger partial charge in [-0.1, -0.05) is 21.1 Å². The molecule has 0 aliphatic carbocycles. The molecule has 0 fully saturated rings. The summed E-state index contributed by atoms with van der Waals surface area (Å²) in [5.74, 6) is 0. The molecule has 5 nitrogen and oxygen atoms in total. The third-order valence-electron chi connectivity index (χ3n) is 2.08. The Kier molecular flexibility index (Phi) is 3.49. The highest BCUT2D eigenvalue weighted by atomic mass is 79.9. The van der Waals surface area contributed by atoms with E-state index in [0.717, 1.165) is 30.5 Å². The van der Waals surface area contributed by atoms with Crippen LogP contribution in [0.4, 0.5) is 0 Å². The van der Waals surface area contributed by atoms with Gasteiger partial charge in [0.05, 0.1) is 18.6 Å². The number of rotatable bonds is 5. The van der Waals surface area contributed by atoms with E-state index in [1.165, 1.54) is 0 Å². The van der Waals surface area contributed by atoms with Crippen LogP contribution < -0.4 is 0 Å². The number of aromatic nitrogens is 5. The molecule has 80 valence electrons. The molecule has 0 atom stereocenters. The van der Waals surface area contributed by atoms with Crippen molar-refractivity contribution < 1.29 is 0 Å². The van der Waals surface area contributed by atoms with Crippen molar-refractivity contribution in [2.75, 3.05) is 5.33 Å². The number of hydrogen-bond donors (Lipinski definition) is 0. The molecular weight excluding hydrogens is 258 g/mol. The lowest BCUT2D eigenvalue weighted by molar-refractivity contribution is 0.519. The van der Waals surface area contributed by atoms with Gasteiger partial charge in [0.15, 0.2) is 0 Å². The van der Waals surface area contributed by atoms with Gasteiger partial charge in [0.2, 0.25) is 0 Å². The normalized spacial score (nSPS) is 10.7. The molecule has 0 bridgehead atoms. The molecule has 0 N–H and O–H groups in total. The lowest BCUT2D eigenvalue weighted by atomic mass is 10.4.